The van der Waals surface area contributed by atoms with Gasteiger partial charge in [0, 0.05) is 25.2 Å². The second kappa shape index (κ2) is 9.45. The molecule has 2 aromatic carbocycles. The summed E-state index contributed by atoms with van der Waals surface area (Å²) >= 11 is 0. The first-order valence-corrected chi connectivity index (χ1v) is 9.01. The van der Waals surface area contributed by atoms with Gasteiger partial charge in [0.05, 0.1) is 5.56 Å². The third kappa shape index (κ3) is 6.51. The van der Waals surface area contributed by atoms with Gasteiger partial charge in [-0.2, -0.15) is 13.2 Å². The molecule has 0 aromatic heterocycles. The Kier molecular flexibility index (Phi) is 7.25. The highest BCUT2D eigenvalue weighted by Crippen LogP contribution is 2.30. The normalized spacial score (nSPS) is 11.3. The van der Waals surface area contributed by atoms with Crippen LogP contribution in [0.5, 0.6) is 5.75 Å². The number of nitrogens with one attached hydrogen (secondary N) is 1. The minimum atomic E-state index is -4.42. The van der Waals surface area contributed by atoms with Crippen LogP contribution in [0, 0.1) is 0 Å². The van der Waals surface area contributed by atoms with Crippen molar-refractivity contribution in [3.63, 3.8) is 0 Å². The molecule has 5 nitrogen and oxygen atoms in total. The number of halogens is 3. The van der Waals surface area contributed by atoms with Crippen molar-refractivity contribution in [1.29, 1.82) is 0 Å². The Morgan fingerprint density at radius 1 is 1.03 bits per heavy atom. The van der Waals surface area contributed by atoms with Crippen molar-refractivity contribution in [2.24, 2.45) is 0 Å². The lowest BCUT2D eigenvalue weighted by Crippen LogP contribution is -2.33. The molecule has 0 fully saturated rings. The van der Waals surface area contributed by atoms with Crippen LogP contribution in [0.3, 0.4) is 0 Å². The van der Waals surface area contributed by atoms with Crippen LogP contribution < -0.4 is 10.1 Å². The van der Waals surface area contributed by atoms with E-state index in [1.54, 1.807) is 36.2 Å². The Morgan fingerprint density at radius 3 is 2.14 bits per heavy atom. The van der Waals surface area contributed by atoms with Crippen LogP contribution in [-0.4, -0.2) is 36.4 Å². The van der Waals surface area contributed by atoms with Gasteiger partial charge in [0.15, 0.2) is 6.61 Å². The molecule has 2 rings (SSSR count). The molecule has 8 heteroatoms. The molecule has 0 aliphatic carbocycles. The van der Waals surface area contributed by atoms with Crippen LogP contribution >= 0.6 is 0 Å². The van der Waals surface area contributed by atoms with Gasteiger partial charge >= 0.3 is 6.18 Å². The van der Waals surface area contributed by atoms with E-state index >= 15 is 0 Å². The molecular formula is C21H23F3N2O3. The van der Waals surface area contributed by atoms with Crippen molar-refractivity contribution in [3.8, 4) is 5.75 Å². The van der Waals surface area contributed by atoms with Crippen LogP contribution in [-0.2, 0) is 17.5 Å². The number of carbonyl (C=O) groups is 2. The maximum atomic E-state index is 12.5. The number of hydrogen-bond donors (Lipinski definition) is 1. The SMILES string of the molecule is CC(C)N(C)C(=O)c1ccc(CNC(=O)COc2ccc(C(F)(F)F)cc2)cc1. The molecule has 0 unspecified atom stereocenters. The van der Waals surface area contributed by atoms with E-state index in [-0.39, 0.29) is 30.9 Å². The predicted octanol–water partition coefficient (Wildman–Crippen LogP) is 3.88. The average molecular weight is 408 g/mol. The molecule has 0 saturated heterocycles. The Hall–Kier alpha value is -3.03. The Bertz CT molecular complexity index is 832. The molecule has 1 N–H and O–H groups in total. The van der Waals surface area contributed by atoms with Gasteiger partial charge in [-0.1, -0.05) is 12.1 Å². The van der Waals surface area contributed by atoms with Gasteiger partial charge < -0.3 is 15.0 Å². The summed E-state index contributed by atoms with van der Waals surface area (Å²) in [6.07, 6.45) is -4.42. The van der Waals surface area contributed by atoms with Crippen molar-refractivity contribution < 1.29 is 27.5 Å². The zero-order valence-electron chi connectivity index (χ0n) is 16.4. The van der Waals surface area contributed by atoms with Crippen LogP contribution in [0.2, 0.25) is 0 Å². The summed E-state index contributed by atoms with van der Waals surface area (Å²) in [6, 6.07) is 11.1. The summed E-state index contributed by atoms with van der Waals surface area (Å²) in [5, 5.41) is 2.66. The highest BCUT2D eigenvalue weighted by Gasteiger charge is 2.30. The van der Waals surface area contributed by atoms with Crippen molar-refractivity contribution >= 4 is 11.8 Å². The fourth-order valence-corrected chi connectivity index (χ4v) is 2.34. The molecule has 29 heavy (non-hydrogen) atoms. The molecule has 0 aliphatic heterocycles. The van der Waals surface area contributed by atoms with Gasteiger partial charge in [0.25, 0.3) is 11.8 Å². The highest BCUT2D eigenvalue weighted by molar-refractivity contribution is 5.94. The largest absolute Gasteiger partial charge is 0.484 e. The van der Waals surface area contributed by atoms with Crippen LogP contribution in [0.1, 0.15) is 35.3 Å². The summed E-state index contributed by atoms with van der Waals surface area (Å²) < 4.78 is 42.7. The van der Waals surface area contributed by atoms with E-state index in [2.05, 4.69) is 5.32 Å². The number of carbonyl (C=O) groups excluding carboxylic acids is 2. The first kappa shape index (κ1) is 22.3. The molecule has 0 bridgehead atoms. The van der Waals surface area contributed by atoms with Crippen LogP contribution in [0.25, 0.3) is 0 Å². The standard InChI is InChI=1S/C21H23F3N2O3/c1-14(2)26(3)20(28)16-6-4-15(5-7-16)12-25-19(27)13-29-18-10-8-17(9-11-18)21(22,23)24/h4-11,14H,12-13H2,1-3H3,(H,25,27). The fraction of sp³-hybridized carbons (Fsp3) is 0.333. The summed E-state index contributed by atoms with van der Waals surface area (Å²) in [4.78, 5) is 25.7. The zero-order chi connectivity index (χ0) is 21.6. The quantitative estimate of drug-likeness (QED) is 0.757. The highest BCUT2D eigenvalue weighted by atomic mass is 19.4. The van der Waals surface area contributed by atoms with E-state index in [4.69, 9.17) is 4.74 Å². The molecule has 2 aromatic rings. The van der Waals surface area contributed by atoms with Gasteiger partial charge in [-0.05, 0) is 55.8 Å². The average Bonchev–Trinajstić information content (AvgIpc) is 2.69. The molecule has 0 radical (unpaired) electrons. The first-order chi connectivity index (χ1) is 13.6. The Balaban J connectivity index is 1.81. The summed E-state index contributed by atoms with van der Waals surface area (Å²) in [5.41, 5.74) is 0.578. The number of amides is 2. The summed E-state index contributed by atoms with van der Waals surface area (Å²) in [7, 11) is 1.73. The number of alkyl halides is 3. The molecule has 0 heterocycles. The maximum absolute atomic E-state index is 12.5. The number of benzene rings is 2. The van der Waals surface area contributed by atoms with Crippen LogP contribution in [0.15, 0.2) is 48.5 Å². The topological polar surface area (TPSA) is 58.6 Å². The second-order valence-corrected chi connectivity index (χ2v) is 6.79. The van der Waals surface area contributed by atoms with Gasteiger partial charge in [-0.3, -0.25) is 9.59 Å². The van der Waals surface area contributed by atoms with Gasteiger partial charge in [0.1, 0.15) is 5.75 Å². The third-order valence-corrected chi connectivity index (χ3v) is 4.34. The Labute approximate surface area is 167 Å². The lowest BCUT2D eigenvalue weighted by Gasteiger charge is -2.21. The monoisotopic (exact) mass is 408 g/mol. The first-order valence-electron chi connectivity index (χ1n) is 9.01. The number of rotatable bonds is 7. The molecule has 2 amide bonds. The van der Waals surface area contributed by atoms with Gasteiger partial charge in [0.2, 0.25) is 0 Å². The van der Waals surface area contributed by atoms with Gasteiger partial charge in [-0.25, -0.2) is 0 Å². The minimum Gasteiger partial charge on any atom is -0.484 e. The van der Waals surface area contributed by atoms with Crippen LogP contribution in [0.4, 0.5) is 13.2 Å². The summed E-state index contributed by atoms with van der Waals surface area (Å²) in [6.45, 7) is 3.77. The van der Waals surface area contributed by atoms with Crippen molar-refractivity contribution in [3.05, 3.63) is 65.2 Å². The minimum absolute atomic E-state index is 0.0828. The van der Waals surface area contributed by atoms with Crippen molar-refractivity contribution in [2.75, 3.05) is 13.7 Å². The lowest BCUT2D eigenvalue weighted by molar-refractivity contribution is -0.137. The lowest BCUT2D eigenvalue weighted by atomic mass is 10.1. The number of ether oxygens (including phenoxy) is 1. The molecule has 0 saturated carbocycles. The van der Waals surface area contributed by atoms with E-state index in [1.165, 1.54) is 12.1 Å². The second-order valence-electron chi connectivity index (χ2n) is 6.79. The number of hydrogen-bond acceptors (Lipinski definition) is 3. The van der Waals surface area contributed by atoms with Crippen molar-refractivity contribution in [1.82, 2.24) is 10.2 Å². The smallest absolute Gasteiger partial charge is 0.416 e. The number of nitrogens with zero attached hydrogens (tertiary/aromatic N) is 1. The molecule has 0 atom stereocenters. The predicted molar refractivity (Wildman–Crippen MR) is 102 cm³/mol. The van der Waals surface area contributed by atoms with E-state index in [1.807, 2.05) is 13.8 Å². The van der Waals surface area contributed by atoms with E-state index in [0.29, 0.717) is 5.56 Å². The maximum Gasteiger partial charge on any atom is 0.416 e. The van der Waals surface area contributed by atoms with E-state index < -0.39 is 17.6 Å². The molecule has 0 aliphatic rings. The Morgan fingerprint density at radius 2 is 1.62 bits per heavy atom. The molecule has 0 spiro atoms. The van der Waals surface area contributed by atoms with E-state index in [0.717, 1.165) is 17.7 Å². The van der Waals surface area contributed by atoms with Gasteiger partial charge in [-0.15, -0.1) is 0 Å². The molecule has 156 valence electrons. The van der Waals surface area contributed by atoms with E-state index in [9.17, 15) is 22.8 Å². The zero-order valence-corrected chi connectivity index (χ0v) is 16.4. The van der Waals surface area contributed by atoms with Crippen molar-refractivity contribution in [2.45, 2.75) is 32.6 Å². The third-order valence-electron chi connectivity index (χ3n) is 4.34. The fourth-order valence-electron chi connectivity index (χ4n) is 2.34. The summed E-state index contributed by atoms with van der Waals surface area (Å²) in [5.74, 6) is -0.324. The molecular weight excluding hydrogens is 385 g/mol.